The van der Waals surface area contributed by atoms with Gasteiger partial charge in [0.1, 0.15) is 0 Å². The topological polar surface area (TPSA) is 30.5 Å². The average molecular weight is 249 g/mol. The summed E-state index contributed by atoms with van der Waals surface area (Å²) in [5.41, 5.74) is 2.51. The molecule has 0 saturated carbocycles. The van der Waals surface area contributed by atoms with Crippen LogP contribution in [0.15, 0.2) is 12.1 Å². The van der Waals surface area contributed by atoms with Crippen molar-refractivity contribution >= 4 is 0 Å². The smallest absolute Gasteiger partial charge is 0.163 e. The molecule has 0 aromatic heterocycles. The summed E-state index contributed by atoms with van der Waals surface area (Å²) in [5, 5.41) is 3.41. The highest BCUT2D eigenvalue weighted by atomic mass is 16.5. The Balaban J connectivity index is 2.21. The monoisotopic (exact) mass is 249 g/mol. The quantitative estimate of drug-likeness (QED) is 0.889. The minimum Gasteiger partial charge on any atom is -0.493 e. The highest BCUT2D eigenvalue weighted by molar-refractivity contribution is 5.49. The van der Waals surface area contributed by atoms with Gasteiger partial charge in [0.05, 0.1) is 14.2 Å². The van der Waals surface area contributed by atoms with Crippen LogP contribution in [0.1, 0.15) is 24.0 Å². The SMILES string of the molecule is COc1cc(C)cc(CC2CCNCC2)c1OC. The summed E-state index contributed by atoms with van der Waals surface area (Å²) in [4.78, 5) is 0. The second kappa shape index (κ2) is 6.10. The van der Waals surface area contributed by atoms with Crippen LogP contribution in [0.4, 0.5) is 0 Å². The predicted octanol–water partition coefficient (Wildman–Crippen LogP) is 2.55. The molecule has 1 aromatic rings. The van der Waals surface area contributed by atoms with E-state index >= 15 is 0 Å². The fraction of sp³-hybridized carbons (Fsp3) is 0.600. The second-order valence-corrected chi connectivity index (χ2v) is 5.06. The van der Waals surface area contributed by atoms with Crippen LogP contribution in [0, 0.1) is 12.8 Å². The number of rotatable bonds is 4. The van der Waals surface area contributed by atoms with Crippen molar-refractivity contribution < 1.29 is 9.47 Å². The van der Waals surface area contributed by atoms with Crippen LogP contribution in [0.2, 0.25) is 0 Å². The van der Waals surface area contributed by atoms with Gasteiger partial charge in [-0.2, -0.15) is 0 Å². The molecule has 0 amide bonds. The van der Waals surface area contributed by atoms with Crippen molar-refractivity contribution in [1.82, 2.24) is 5.32 Å². The molecule has 0 bridgehead atoms. The zero-order chi connectivity index (χ0) is 13.0. The van der Waals surface area contributed by atoms with Crippen LogP contribution in [0.3, 0.4) is 0 Å². The molecule has 100 valence electrons. The van der Waals surface area contributed by atoms with Crippen LogP contribution in [-0.4, -0.2) is 27.3 Å². The first-order valence-corrected chi connectivity index (χ1v) is 6.66. The van der Waals surface area contributed by atoms with Gasteiger partial charge in [-0.3, -0.25) is 0 Å². The summed E-state index contributed by atoms with van der Waals surface area (Å²) in [7, 11) is 3.42. The predicted molar refractivity (Wildman–Crippen MR) is 73.6 cm³/mol. The molecule has 1 aromatic carbocycles. The Morgan fingerprint density at radius 1 is 1.17 bits per heavy atom. The van der Waals surface area contributed by atoms with Crippen molar-refractivity contribution in [3.05, 3.63) is 23.3 Å². The van der Waals surface area contributed by atoms with E-state index in [2.05, 4.69) is 18.3 Å². The molecular formula is C15H23NO2. The van der Waals surface area contributed by atoms with Gasteiger partial charge < -0.3 is 14.8 Å². The number of benzene rings is 1. The molecule has 1 heterocycles. The number of ether oxygens (including phenoxy) is 2. The molecule has 0 atom stereocenters. The fourth-order valence-corrected chi connectivity index (χ4v) is 2.74. The van der Waals surface area contributed by atoms with Crippen molar-refractivity contribution in [2.75, 3.05) is 27.3 Å². The Kier molecular flexibility index (Phi) is 4.48. The van der Waals surface area contributed by atoms with Crippen LogP contribution in [0.25, 0.3) is 0 Å². The third kappa shape index (κ3) is 2.96. The first kappa shape index (κ1) is 13.2. The molecule has 1 N–H and O–H groups in total. The van der Waals surface area contributed by atoms with Gasteiger partial charge in [0.2, 0.25) is 0 Å². The van der Waals surface area contributed by atoms with Gasteiger partial charge in [0, 0.05) is 0 Å². The standard InChI is InChI=1S/C15H23NO2/c1-11-8-13(10-12-4-6-16-7-5-12)15(18-3)14(9-11)17-2/h8-9,12,16H,4-7,10H2,1-3H3. The van der Waals surface area contributed by atoms with Crippen LogP contribution in [-0.2, 0) is 6.42 Å². The van der Waals surface area contributed by atoms with E-state index in [1.54, 1.807) is 14.2 Å². The minimum atomic E-state index is 0.756. The molecular weight excluding hydrogens is 226 g/mol. The number of methoxy groups -OCH3 is 2. The molecule has 18 heavy (non-hydrogen) atoms. The summed E-state index contributed by atoms with van der Waals surface area (Å²) in [5.74, 6) is 2.51. The van der Waals surface area contributed by atoms with E-state index in [0.29, 0.717) is 0 Å². The van der Waals surface area contributed by atoms with E-state index in [1.807, 2.05) is 6.07 Å². The highest BCUT2D eigenvalue weighted by Crippen LogP contribution is 2.34. The van der Waals surface area contributed by atoms with E-state index in [0.717, 1.165) is 36.9 Å². The van der Waals surface area contributed by atoms with Crippen LogP contribution >= 0.6 is 0 Å². The number of aryl methyl sites for hydroxylation is 1. The van der Waals surface area contributed by atoms with Gasteiger partial charge >= 0.3 is 0 Å². The third-order valence-electron chi connectivity index (χ3n) is 3.67. The van der Waals surface area contributed by atoms with Crippen molar-refractivity contribution in [3.8, 4) is 11.5 Å². The highest BCUT2D eigenvalue weighted by Gasteiger charge is 2.18. The second-order valence-electron chi connectivity index (χ2n) is 5.06. The summed E-state index contributed by atoms with van der Waals surface area (Å²) in [6.45, 7) is 4.37. The Morgan fingerprint density at radius 2 is 1.89 bits per heavy atom. The maximum atomic E-state index is 5.52. The molecule has 0 radical (unpaired) electrons. The van der Waals surface area contributed by atoms with Gasteiger partial charge in [-0.05, 0) is 62.4 Å². The summed E-state index contributed by atoms with van der Waals surface area (Å²) in [6.07, 6.45) is 3.59. The van der Waals surface area contributed by atoms with Gasteiger partial charge in [-0.15, -0.1) is 0 Å². The molecule has 0 spiro atoms. The lowest BCUT2D eigenvalue weighted by molar-refractivity contribution is 0.339. The summed E-state index contributed by atoms with van der Waals surface area (Å²) < 4.78 is 10.9. The third-order valence-corrected chi connectivity index (χ3v) is 3.67. The van der Waals surface area contributed by atoms with E-state index in [1.165, 1.54) is 24.0 Å². The minimum absolute atomic E-state index is 0.756. The first-order valence-electron chi connectivity index (χ1n) is 6.66. The van der Waals surface area contributed by atoms with Gasteiger partial charge in [-0.1, -0.05) is 6.07 Å². The van der Waals surface area contributed by atoms with Gasteiger partial charge in [0.25, 0.3) is 0 Å². The first-order chi connectivity index (χ1) is 8.74. The van der Waals surface area contributed by atoms with E-state index < -0.39 is 0 Å². The molecule has 3 nitrogen and oxygen atoms in total. The maximum absolute atomic E-state index is 5.52. The van der Waals surface area contributed by atoms with Crippen molar-refractivity contribution in [3.63, 3.8) is 0 Å². The van der Waals surface area contributed by atoms with E-state index in [-0.39, 0.29) is 0 Å². The van der Waals surface area contributed by atoms with Crippen LogP contribution in [0.5, 0.6) is 11.5 Å². The number of nitrogens with one attached hydrogen (secondary N) is 1. The van der Waals surface area contributed by atoms with Gasteiger partial charge in [0.15, 0.2) is 11.5 Å². The Labute approximate surface area is 109 Å². The summed E-state index contributed by atoms with van der Waals surface area (Å²) >= 11 is 0. The lowest BCUT2D eigenvalue weighted by Gasteiger charge is -2.24. The molecule has 1 fully saturated rings. The lowest BCUT2D eigenvalue weighted by Crippen LogP contribution is -2.28. The Morgan fingerprint density at radius 3 is 2.50 bits per heavy atom. The van der Waals surface area contributed by atoms with Crippen molar-refractivity contribution in [1.29, 1.82) is 0 Å². The zero-order valence-corrected chi connectivity index (χ0v) is 11.6. The number of piperidine rings is 1. The van der Waals surface area contributed by atoms with Crippen LogP contribution < -0.4 is 14.8 Å². The molecule has 3 heteroatoms. The van der Waals surface area contributed by atoms with Crippen molar-refractivity contribution in [2.24, 2.45) is 5.92 Å². The van der Waals surface area contributed by atoms with E-state index in [9.17, 15) is 0 Å². The average Bonchev–Trinajstić information content (AvgIpc) is 2.39. The molecule has 1 aliphatic heterocycles. The summed E-state index contributed by atoms with van der Waals surface area (Å²) in [6, 6.07) is 4.26. The maximum Gasteiger partial charge on any atom is 0.163 e. The Hall–Kier alpha value is -1.22. The zero-order valence-electron chi connectivity index (χ0n) is 11.6. The largest absolute Gasteiger partial charge is 0.493 e. The molecule has 1 aliphatic rings. The number of hydrogen-bond acceptors (Lipinski definition) is 3. The fourth-order valence-electron chi connectivity index (χ4n) is 2.74. The lowest BCUT2D eigenvalue weighted by atomic mass is 9.90. The Bertz CT molecular complexity index is 398. The van der Waals surface area contributed by atoms with E-state index in [4.69, 9.17) is 9.47 Å². The van der Waals surface area contributed by atoms with Gasteiger partial charge in [-0.25, -0.2) is 0 Å². The van der Waals surface area contributed by atoms with Crippen molar-refractivity contribution in [2.45, 2.75) is 26.2 Å². The molecule has 0 unspecified atom stereocenters. The number of hydrogen-bond donors (Lipinski definition) is 1. The molecule has 2 rings (SSSR count). The normalized spacial score (nSPS) is 16.6. The molecule has 1 saturated heterocycles. The molecule has 0 aliphatic carbocycles.